The number of aromatic amines is 2. The molecule has 3 heterocycles. The average molecular weight is 953 g/mol. The molecule has 1 aliphatic heterocycles. The van der Waals surface area contributed by atoms with Crippen LogP contribution in [0.1, 0.15) is 83.5 Å². The smallest absolute Gasteiger partial charge is 0.331 e. The van der Waals surface area contributed by atoms with Gasteiger partial charge in [-0.2, -0.15) is 5.10 Å². The predicted octanol–water partition coefficient (Wildman–Crippen LogP) is 8.25. The fourth-order valence-electron chi connectivity index (χ4n) is 8.94. The summed E-state index contributed by atoms with van der Waals surface area (Å²) in [5.41, 5.74) is 8.34. The molecule has 368 valence electrons. The number of likely N-dealkylation sites (tertiary alicyclic amines) is 1. The first-order valence-corrected chi connectivity index (χ1v) is 24.1. The Morgan fingerprint density at radius 1 is 0.914 bits per heavy atom. The summed E-state index contributed by atoms with van der Waals surface area (Å²) in [7, 11) is 1.57. The first-order chi connectivity index (χ1) is 33.9. The first kappa shape index (κ1) is 50.6. The van der Waals surface area contributed by atoms with Crippen LogP contribution in [0.25, 0.3) is 22.8 Å². The Morgan fingerprint density at radius 2 is 1.73 bits per heavy atom. The molecule has 0 atom stereocenters. The van der Waals surface area contributed by atoms with Crippen LogP contribution in [0, 0.1) is 13.8 Å². The number of nitrogens with zero attached hydrogens (tertiary/aromatic N) is 4. The average Bonchev–Trinajstić information content (AvgIpc) is 4.19. The molecule has 7 rings (SSSR count). The van der Waals surface area contributed by atoms with Crippen molar-refractivity contribution in [3.8, 4) is 22.6 Å². The molecular formula is C54H64N8O8. The standard InChI is InChI=1S/C54H64N8O8/c1-6-60(7-2)23-11-14-48(63)53-36(3)47(57-37(53)4)32-45-44-31-42(17-15-40(44)29-49(45)64)58-51(65)19-20-52(66)70-27-25-62(35-38-12-10-13-43(28-38)68-5)54(67)59-46-18-16-39(41-33-55-56-34-41)30-50(46)69-26-24-61-21-8-9-22-61/h10,12-13,15-20,28,30-34,57H,6-9,11,14,21-27,29,35H2,1-5H3,(H,55,56)(H,58,65)(H,59,67)/b20-19-,45-32-. The van der Waals surface area contributed by atoms with Gasteiger partial charge in [0.15, 0.2) is 11.6 Å². The fraction of sp³-hybridized carbons (Fsp3) is 0.370. The molecule has 0 saturated carbocycles. The Morgan fingerprint density at radius 3 is 2.49 bits per heavy atom. The summed E-state index contributed by atoms with van der Waals surface area (Å²) in [5, 5.41) is 12.7. The summed E-state index contributed by atoms with van der Waals surface area (Å²) in [4.78, 5) is 76.2. The lowest BCUT2D eigenvalue weighted by molar-refractivity contribution is -0.138. The van der Waals surface area contributed by atoms with E-state index in [1.807, 2.05) is 50.2 Å². The molecule has 5 aromatic rings. The Labute approximate surface area is 409 Å². The summed E-state index contributed by atoms with van der Waals surface area (Å²) >= 11 is 0. The lowest BCUT2D eigenvalue weighted by atomic mass is 10.00. The molecule has 1 fully saturated rings. The maximum atomic E-state index is 14.1. The number of carbonyl (C=O) groups is 5. The number of benzene rings is 3. The second-order valence-corrected chi connectivity index (χ2v) is 17.5. The van der Waals surface area contributed by atoms with Gasteiger partial charge in [-0.3, -0.25) is 24.4 Å². The number of hydrogen-bond donors (Lipinski definition) is 4. The SMILES string of the molecule is CCN(CC)CCCC(=O)c1c(C)[nH]c(/C=C2\C(=O)Cc3ccc(NC(=O)/C=C\C(=O)OCCN(Cc4cccc(OC)c4)C(=O)Nc4ccc(-c5cn[nH]c5)cc4OCCN4CCCC4)cc32)c1C. The third-order valence-corrected chi connectivity index (χ3v) is 12.8. The van der Waals surface area contributed by atoms with Crippen LogP contribution in [0.5, 0.6) is 11.5 Å². The third-order valence-electron chi connectivity index (χ3n) is 12.8. The predicted molar refractivity (Wildman–Crippen MR) is 271 cm³/mol. The monoisotopic (exact) mass is 952 g/mol. The topological polar surface area (TPSA) is 191 Å². The lowest BCUT2D eigenvalue weighted by Gasteiger charge is -2.24. The number of H-pyrrole nitrogens is 2. The molecule has 0 spiro atoms. The van der Waals surface area contributed by atoms with Gasteiger partial charge < -0.3 is 39.6 Å². The van der Waals surface area contributed by atoms with Crippen molar-refractivity contribution in [3.63, 3.8) is 0 Å². The van der Waals surface area contributed by atoms with Crippen LogP contribution >= 0.6 is 0 Å². The Bertz CT molecular complexity index is 2710. The molecule has 0 bridgehead atoms. The van der Waals surface area contributed by atoms with Gasteiger partial charge >= 0.3 is 12.0 Å². The van der Waals surface area contributed by atoms with Crippen molar-refractivity contribution in [3.05, 3.63) is 124 Å². The summed E-state index contributed by atoms with van der Waals surface area (Å²) in [6, 6.07) is 17.7. The molecule has 1 saturated heterocycles. The molecule has 0 radical (unpaired) electrons. The minimum absolute atomic E-state index is 0.0208. The number of rotatable bonds is 23. The van der Waals surface area contributed by atoms with E-state index in [2.05, 4.69) is 49.5 Å². The molecular weight excluding hydrogens is 889 g/mol. The quantitative estimate of drug-likeness (QED) is 0.0280. The summed E-state index contributed by atoms with van der Waals surface area (Å²) in [5.74, 6) is -0.212. The molecule has 70 heavy (non-hydrogen) atoms. The van der Waals surface area contributed by atoms with E-state index in [0.717, 1.165) is 91.4 Å². The van der Waals surface area contributed by atoms with E-state index in [9.17, 15) is 24.0 Å². The normalized spacial score (nSPS) is 14.1. The van der Waals surface area contributed by atoms with Crippen LogP contribution < -0.4 is 20.1 Å². The number of methoxy groups -OCH3 is 1. The van der Waals surface area contributed by atoms with Gasteiger partial charge in [0, 0.05) is 78.1 Å². The van der Waals surface area contributed by atoms with Crippen molar-refractivity contribution >= 4 is 52.5 Å². The van der Waals surface area contributed by atoms with Crippen molar-refractivity contribution in [2.75, 3.05) is 76.8 Å². The number of nitrogens with one attached hydrogen (secondary N) is 4. The number of ketones is 2. The number of aryl methyl sites for hydroxylation is 1. The van der Waals surface area contributed by atoms with Gasteiger partial charge in [0.2, 0.25) is 5.91 Å². The van der Waals surface area contributed by atoms with E-state index in [1.54, 1.807) is 49.8 Å². The third kappa shape index (κ3) is 13.3. The Kier molecular flexibility index (Phi) is 17.6. The maximum Gasteiger partial charge on any atom is 0.331 e. The molecule has 3 aromatic carbocycles. The summed E-state index contributed by atoms with van der Waals surface area (Å²) in [6.07, 6.45) is 11.1. The number of amides is 3. The van der Waals surface area contributed by atoms with E-state index >= 15 is 0 Å². The van der Waals surface area contributed by atoms with Crippen molar-refractivity contribution in [1.82, 2.24) is 29.9 Å². The number of fused-ring (bicyclic) bond motifs is 1. The second-order valence-electron chi connectivity index (χ2n) is 17.5. The van der Waals surface area contributed by atoms with Crippen molar-refractivity contribution in [2.45, 2.75) is 66.3 Å². The van der Waals surface area contributed by atoms with Crippen LogP contribution in [0.2, 0.25) is 0 Å². The van der Waals surface area contributed by atoms with Gasteiger partial charge in [0.1, 0.15) is 24.7 Å². The minimum atomic E-state index is -0.775. The first-order valence-electron chi connectivity index (χ1n) is 24.1. The summed E-state index contributed by atoms with van der Waals surface area (Å²) in [6.45, 7) is 14.0. The molecule has 0 unspecified atom stereocenters. The molecule has 4 N–H and O–H groups in total. The fourth-order valence-corrected chi connectivity index (χ4v) is 8.94. The maximum absolute atomic E-state index is 14.1. The number of allylic oxidation sites excluding steroid dienone is 1. The zero-order valence-corrected chi connectivity index (χ0v) is 40.8. The van der Waals surface area contributed by atoms with Gasteiger partial charge in [0.25, 0.3) is 0 Å². The highest BCUT2D eigenvalue weighted by atomic mass is 16.5. The van der Waals surface area contributed by atoms with E-state index in [0.29, 0.717) is 58.3 Å². The van der Waals surface area contributed by atoms with Crippen LogP contribution in [-0.4, -0.2) is 125 Å². The Balaban J connectivity index is 0.972. The number of anilines is 2. The van der Waals surface area contributed by atoms with Gasteiger partial charge in [0.05, 0.1) is 25.5 Å². The van der Waals surface area contributed by atoms with Crippen LogP contribution in [0.3, 0.4) is 0 Å². The highest BCUT2D eigenvalue weighted by Crippen LogP contribution is 2.35. The van der Waals surface area contributed by atoms with E-state index in [4.69, 9.17) is 14.2 Å². The van der Waals surface area contributed by atoms with Crippen molar-refractivity contribution in [2.24, 2.45) is 0 Å². The number of ether oxygens (including phenoxy) is 3. The summed E-state index contributed by atoms with van der Waals surface area (Å²) < 4.78 is 17.2. The Hall–Kier alpha value is -7.30. The highest BCUT2D eigenvalue weighted by Gasteiger charge is 2.27. The van der Waals surface area contributed by atoms with Gasteiger partial charge in [-0.1, -0.05) is 38.1 Å². The van der Waals surface area contributed by atoms with Gasteiger partial charge in [-0.15, -0.1) is 0 Å². The molecule has 2 aromatic heterocycles. The second kappa shape index (κ2) is 24.3. The zero-order valence-electron chi connectivity index (χ0n) is 40.8. The zero-order chi connectivity index (χ0) is 49.6. The van der Waals surface area contributed by atoms with Crippen LogP contribution in [0.4, 0.5) is 16.2 Å². The van der Waals surface area contributed by atoms with Gasteiger partial charge in [-0.25, -0.2) is 9.59 Å². The molecule has 16 nitrogen and oxygen atoms in total. The lowest BCUT2D eigenvalue weighted by Crippen LogP contribution is -2.37. The van der Waals surface area contributed by atoms with Crippen LogP contribution in [0.15, 0.2) is 85.2 Å². The highest BCUT2D eigenvalue weighted by molar-refractivity contribution is 6.29. The number of hydrogen-bond acceptors (Lipinski definition) is 11. The molecule has 2 aliphatic rings. The number of aromatic nitrogens is 3. The molecule has 1 aliphatic carbocycles. The largest absolute Gasteiger partial charge is 0.497 e. The number of Topliss-reactive ketones (excluding diaryl/α,β-unsaturated/α-hetero) is 2. The molecule has 3 amide bonds. The van der Waals surface area contributed by atoms with Crippen molar-refractivity contribution in [1.29, 1.82) is 0 Å². The van der Waals surface area contributed by atoms with E-state index in [1.165, 1.54) is 17.7 Å². The van der Waals surface area contributed by atoms with E-state index < -0.39 is 17.9 Å². The molecule has 16 heteroatoms. The number of esters is 1. The number of urea groups is 1. The van der Waals surface area contributed by atoms with Gasteiger partial charge in [-0.05, 0) is 136 Å². The minimum Gasteiger partial charge on any atom is -0.497 e. The van der Waals surface area contributed by atoms with Crippen molar-refractivity contribution < 1.29 is 38.2 Å². The van der Waals surface area contributed by atoms with Crippen LogP contribution in [-0.2, 0) is 32.1 Å². The number of carbonyl (C=O) groups excluding carboxylic acids is 5. The van der Waals surface area contributed by atoms with E-state index in [-0.39, 0.29) is 37.7 Å².